The zero-order valence-corrected chi connectivity index (χ0v) is 26.6. The number of allylic oxidation sites excluding steroid dienone is 1. The third kappa shape index (κ3) is 5.02. The van der Waals surface area contributed by atoms with Gasteiger partial charge in [0, 0.05) is 28.3 Å². The van der Waals surface area contributed by atoms with E-state index >= 15 is 0 Å². The Bertz CT molecular complexity index is 1400. The molecule has 2 amide bonds. The van der Waals surface area contributed by atoms with Gasteiger partial charge in [0.2, 0.25) is 5.91 Å². The number of thioether (sulfide) groups is 1. The summed E-state index contributed by atoms with van der Waals surface area (Å²) in [4.78, 5) is 34.4. The monoisotopic (exact) mass is 630 g/mol. The normalized spacial score (nSPS) is 31.0. The number of hydrogen-bond donors (Lipinski definition) is 1. The highest BCUT2D eigenvalue weighted by atomic mass is 35.5. The molecule has 0 radical (unpaired) electrons. The molecule has 0 bridgehead atoms. The van der Waals surface area contributed by atoms with Gasteiger partial charge < -0.3 is 14.7 Å². The van der Waals surface area contributed by atoms with Crippen LogP contribution in [0.5, 0.6) is 0 Å². The molecule has 1 unspecified atom stereocenters. The topological polar surface area (TPSA) is 55.9 Å². The van der Waals surface area contributed by atoms with Gasteiger partial charge in [-0.2, -0.15) is 0 Å². The first-order valence-electron chi connectivity index (χ1n) is 14.7. The van der Waals surface area contributed by atoms with E-state index in [0.717, 1.165) is 23.2 Å². The molecule has 3 fully saturated rings. The fourth-order valence-corrected chi connectivity index (χ4v) is 8.97. The van der Waals surface area contributed by atoms with Crippen molar-refractivity contribution in [2.75, 3.05) is 13.1 Å². The molecule has 42 heavy (non-hydrogen) atoms. The second-order valence-electron chi connectivity index (χ2n) is 12.4. The number of rotatable bonds is 5. The van der Waals surface area contributed by atoms with Gasteiger partial charge >= 0.3 is 0 Å². The van der Waals surface area contributed by atoms with Crippen molar-refractivity contribution in [2.24, 2.45) is 5.92 Å². The predicted molar refractivity (Wildman–Crippen MR) is 167 cm³/mol. The fourth-order valence-electron chi connectivity index (χ4n) is 7.17. The molecule has 0 saturated carbocycles. The lowest BCUT2D eigenvalue weighted by atomic mass is 9.81. The molecule has 224 valence electrons. The van der Waals surface area contributed by atoms with Crippen LogP contribution >= 0.6 is 35.0 Å². The molecular formula is C32H37Cl2FN4O2S. The number of alkyl halides is 1. The summed E-state index contributed by atoms with van der Waals surface area (Å²) in [6.07, 6.45) is 0.718. The van der Waals surface area contributed by atoms with Crippen molar-refractivity contribution in [1.82, 2.24) is 20.0 Å². The Morgan fingerprint density at radius 1 is 1.02 bits per heavy atom. The highest BCUT2D eigenvalue weighted by molar-refractivity contribution is 8.04. The molecule has 6 rings (SSSR count). The first-order chi connectivity index (χ1) is 20.0. The van der Waals surface area contributed by atoms with Crippen molar-refractivity contribution in [3.05, 3.63) is 80.3 Å². The highest BCUT2D eigenvalue weighted by Crippen LogP contribution is 2.56. The van der Waals surface area contributed by atoms with Gasteiger partial charge in [-0.25, -0.2) is 4.39 Å². The van der Waals surface area contributed by atoms with Crippen LogP contribution in [0.15, 0.2) is 59.1 Å². The first kappa shape index (κ1) is 29.8. The number of carbonyl (C=O) groups excluding carboxylic acids is 2. The zero-order valence-electron chi connectivity index (χ0n) is 24.3. The van der Waals surface area contributed by atoms with Crippen molar-refractivity contribution in [2.45, 2.75) is 82.3 Å². The van der Waals surface area contributed by atoms with Gasteiger partial charge in [0.15, 0.2) is 0 Å². The SMILES string of the molecule is CC(C)C1=C(C(=O)N2[C@H](C)CC[C@H]2C(=O)N2CC[C@@H](F)C2)SC2N[C@@](C)(c3ccc(Cl)cc3)[C@@H](c3ccc(Cl)cc3)N12. The molecular weight excluding hydrogens is 594 g/mol. The van der Waals surface area contributed by atoms with Crippen molar-refractivity contribution < 1.29 is 14.0 Å². The molecule has 0 aliphatic carbocycles. The second kappa shape index (κ2) is 11.3. The third-order valence-corrected chi connectivity index (χ3v) is 10.9. The summed E-state index contributed by atoms with van der Waals surface area (Å²) in [6, 6.07) is 15.1. The highest BCUT2D eigenvalue weighted by Gasteiger charge is 2.57. The Labute approximate surface area is 261 Å². The Morgan fingerprint density at radius 3 is 2.26 bits per heavy atom. The maximum absolute atomic E-state index is 14.5. The second-order valence-corrected chi connectivity index (χ2v) is 14.3. The summed E-state index contributed by atoms with van der Waals surface area (Å²) < 4.78 is 14.0. The smallest absolute Gasteiger partial charge is 0.263 e. The van der Waals surface area contributed by atoms with E-state index in [1.54, 1.807) is 9.80 Å². The Balaban J connectivity index is 1.40. The number of fused-ring (bicyclic) bond motifs is 1. The maximum atomic E-state index is 14.5. The summed E-state index contributed by atoms with van der Waals surface area (Å²) in [5.74, 6) is -0.193. The lowest BCUT2D eigenvalue weighted by molar-refractivity contribution is -0.142. The molecule has 6 nitrogen and oxygen atoms in total. The number of nitrogens with zero attached hydrogens (tertiary/aromatic N) is 3. The lowest BCUT2D eigenvalue weighted by Gasteiger charge is -2.38. The molecule has 1 N–H and O–H groups in total. The third-order valence-electron chi connectivity index (χ3n) is 9.24. The van der Waals surface area contributed by atoms with Crippen molar-refractivity contribution >= 4 is 46.8 Å². The molecule has 3 saturated heterocycles. The van der Waals surface area contributed by atoms with Crippen LogP contribution in [-0.2, 0) is 15.1 Å². The van der Waals surface area contributed by atoms with Crippen molar-refractivity contribution in [1.29, 1.82) is 0 Å². The predicted octanol–water partition coefficient (Wildman–Crippen LogP) is 6.70. The van der Waals surface area contributed by atoms with E-state index in [1.165, 1.54) is 11.8 Å². The van der Waals surface area contributed by atoms with Crippen LogP contribution < -0.4 is 5.32 Å². The number of likely N-dealkylation sites (tertiary alicyclic amines) is 2. The Morgan fingerprint density at radius 2 is 1.67 bits per heavy atom. The van der Waals surface area contributed by atoms with Crippen molar-refractivity contribution in [3.63, 3.8) is 0 Å². The van der Waals surface area contributed by atoms with E-state index < -0.39 is 17.8 Å². The van der Waals surface area contributed by atoms with Gasteiger partial charge in [0.25, 0.3) is 5.91 Å². The number of carbonyl (C=O) groups is 2. The zero-order chi connectivity index (χ0) is 29.9. The minimum Gasteiger partial charge on any atom is -0.340 e. The average Bonchev–Trinajstić information content (AvgIpc) is 3.71. The molecule has 2 aromatic rings. The molecule has 4 aliphatic heterocycles. The molecule has 0 aromatic heterocycles. The van der Waals surface area contributed by atoms with Crippen molar-refractivity contribution in [3.8, 4) is 0 Å². The quantitative estimate of drug-likeness (QED) is 0.398. The maximum Gasteiger partial charge on any atom is 0.263 e. The van der Waals surface area contributed by atoms with Crippen LogP contribution in [0.2, 0.25) is 10.0 Å². The summed E-state index contributed by atoms with van der Waals surface area (Å²) in [5, 5.41) is 5.21. The molecule has 4 heterocycles. The van der Waals surface area contributed by atoms with Crippen LogP contribution in [-0.4, -0.2) is 63.4 Å². The van der Waals surface area contributed by atoms with E-state index in [-0.39, 0.29) is 41.9 Å². The summed E-state index contributed by atoms with van der Waals surface area (Å²) in [5.41, 5.74) is 2.45. The average molecular weight is 632 g/mol. The molecule has 6 atom stereocenters. The largest absolute Gasteiger partial charge is 0.340 e. The molecule has 4 aliphatic rings. The first-order valence-corrected chi connectivity index (χ1v) is 16.4. The van der Waals surface area contributed by atoms with E-state index in [9.17, 15) is 14.0 Å². The van der Waals surface area contributed by atoms with Crippen LogP contribution in [0.1, 0.15) is 64.1 Å². The molecule has 10 heteroatoms. The van der Waals surface area contributed by atoms with Gasteiger partial charge in [-0.1, -0.05) is 73.1 Å². The summed E-state index contributed by atoms with van der Waals surface area (Å²) in [6.45, 7) is 8.96. The van der Waals surface area contributed by atoms with Crippen LogP contribution in [0.4, 0.5) is 4.39 Å². The van der Waals surface area contributed by atoms with Crippen LogP contribution in [0.3, 0.4) is 0 Å². The van der Waals surface area contributed by atoms with E-state index in [1.807, 2.05) is 31.2 Å². The van der Waals surface area contributed by atoms with Gasteiger partial charge in [-0.3, -0.25) is 14.9 Å². The van der Waals surface area contributed by atoms with E-state index in [0.29, 0.717) is 34.3 Å². The fraction of sp³-hybridized carbons (Fsp3) is 0.500. The summed E-state index contributed by atoms with van der Waals surface area (Å²) in [7, 11) is 0. The molecule has 2 aromatic carbocycles. The number of benzene rings is 2. The van der Waals surface area contributed by atoms with Crippen LogP contribution in [0, 0.1) is 5.92 Å². The van der Waals surface area contributed by atoms with Gasteiger partial charge in [0.1, 0.15) is 17.7 Å². The lowest BCUT2D eigenvalue weighted by Crippen LogP contribution is -2.49. The number of hydrogen-bond acceptors (Lipinski definition) is 5. The van der Waals surface area contributed by atoms with Gasteiger partial charge in [-0.05, 0) is 74.4 Å². The Hall–Kier alpha value is -2.26. The number of amides is 2. The van der Waals surface area contributed by atoms with Gasteiger partial charge in [-0.15, -0.1) is 0 Å². The van der Waals surface area contributed by atoms with Gasteiger partial charge in [0.05, 0.1) is 23.0 Å². The summed E-state index contributed by atoms with van der Waals surface area (Å²) >= 11 is 14.1. The minimum absolute atomic E-state index is 0.0450. The number of halogens is 3. The van der Waals surface area contributed by atoms with Crippen LogP contribution in [0.25, 0.3) is 0 Å². The molecule has 0 spiro atoms. The van der Waals surface area contributed by atoms with E-state index in [2.05, 4.69) is 55.3 Å². The van der Waals surface area contributed by atoms with E-state index in [4.69, 9.17) is 23.2 Å². The Kier molecular flexibility index (Phi) is 8.05. The number of nitrogens with one attached hydrogen (secondary N) is 1. The standard InChI is InChI=1S/C32H37Cl2FN4O2S/c1-18(2)26-27(30(41)38-19(3)5-14-25(38)29(40)37-16-15-24(35)17-37)42-31-36-32(4,21-8-12-23(34)13-9-21)28(39(26)31)20-6-10-22(33)11-7-20/h6-13,18-19,24-25,28,31,36H,5,14-17H2,1-4H3/t19-,24-,25+,28-,31?,32+/m1/s1. The minimum atomic E-state index is -0.990.